The Labute approximate surface area is 160 Å². The van der Waals surface area contributed by atoms with E-state index in [4.69, 9.17) is 4.74 Å². The molecule has 28 heavy (non-hydrogen) atoms. The summed E-state index contributed by atoms with van der Waals surface area (Å²) in [7, 11) is -4.14. The first-order valence-corrected chi connectivity index (χ1v) is 9.56. The van der Waals surface area contributed by atoms with Crippen molar-refractivity contribution in [2.24, 2.45) is 0 Å². The van der Waals surface area contributed by atoms with E-state index in [-0.39, 0.29) is 22.6 Å². The summed E-state index contributed by atoms with van der Waals surface area (Å²) in [5, 5.41) is 2.37. The minimum Gasteiger partial charge on any atom is -0.454 e. The minimum absolute atomic E-state index is 0.0297. The lowest BCUT2D eigenvalue weighted by molar-refractivity contribution is -0.148. The molecule has 1 aliphatic rings. The maximum absolute atomic E-state index is 13.5. The number of nitrogens with one attached hydrogen (secondary N) is 1. The largest absolute Gasteiger partial charge is 0.454 e. The van der Waals surface area contributed by atoms with Gasteiger partial charge in [-0.1, -0.05) is 30.3 Å². The number of hydrogen-bond acceptors (Lipinski definition) is 6. The van der Waals surface area contributed by atoms with E-state index in [1.54, 1.807) is 6.07 Å². The first kappa shape index (κ1) is 19.5. The average Bonchev–Trinajstić information content (AvgIpc) is 2.87. The van der Waals surface area contributed by atoms with Gasteiger partial charge in [0, 0.05) is 12.1 Å². The number of hydrogen-bond donors (Lipinski definition) is 1. The monoisotopic (exact) mass is 406 g/mol. The first-order valence-electron chi connectivity index (χ1n) is 8.12. The molecule has 0 atom stereocenters. The Morgan fingerprint density at radius 2 is 1.75 bits per heavy atom. The van der Waals surface area contributed by atoms with Crippen LogP contribution in [0.2, 0.25) is 0 Å². The fraction of sp³-hybridized carbons (Fsp3) is 0.167. The maximum atomic E-state index is 13.5. The lowest BCUT2D eigenvalue weighted by Gasteiger charge is -2.14. The van der Waals surface area contributed by atoms with Crippen LogP contribution in [0.4, 0.5) is 4.39 Å². The van der Waals surface area contributed by atoms with Crippen LogP contribution in [0.1, 0.15) is 15.9 Å². The Balaban J connectivity index is 1.53. The van der Waals surface area contributed by atoms with Crippen molar-refractivity contribution >= 4 is 27.8 Å². The summed E-state index contributed by atoms with van der Waals surface area (Å²) in [6, 6.07) is 11.4. The molecule has 0 radical (unpaired) electrons. The molecule has 2 aromatic rings. The molecule has 2 aromatic carbocycles. The molecule has 0 spiro atoms. The van der Waals surface area contributed by atoms with Crippen molar-refractivity contribution in [3.8, 4) is 0 Å². The Hall–Kier alpha value is -3.27. The van der Waals surface area contributed by atoms with Gasteiger partial charge < -0.3 is 10.1 Å². The summed E-state index contributed by atoms with van der Waals surface area (Å²) in [6.07, 6.45) is 0. The number of carbonyl (C=O) groups is 3. The van der Waals surface area contributed by atoms with E-state index in [1.165, 1.54) is 42.5 Å². The molecule has 0 bridgehead atoms. The molecule has 2 amide bonds. The van der Waals surface area contributed by atoms with Gasteiger partial charge in [-0.15, -0.1) is 0 Å². The van der Waals surface area contributed by atoms with Crippen LogP contribution in [0.3, 0.4) is 0 Å². The van der Waals surface area contributed by atoms with E-state index in [1.807, 2.05) is 0 Å². The zero-order valence-electron chi connectivity index (χ0n) is 14.4. The van der Waals surface area contributed by atoms with Gasteiger partial charge >= 0.3 is 5.97 Å². The van der Waals surface area contributed by atoms with E-state index in [0.717, 1.165) is 0 Å². The number of fused-ring (bicyclic) bond motifs is 1. The molecule has 1 heterocycles. The second-order valence-electron chi connectivity index (χ2n) is 5.84. The topological polar surface area (TPSA) is 110 Å². The smallest absolute Gasteiger partial charge is 0.327 e. The van der Waals surface area contributed by atoms with Crippen molar-refractivity contribution in [3.05, 3.63) is 65.5 Å². The molecule has 0 aliphatic carbocycles. The van der Waals surface area contributed by atoms with Gasteiger partial charge in [-0.05, 0) is 18.2 Å². The highest BCUT2D eigenvalue weighted by Crippen LogP contribution is 2.29. The van der Waals surface area contributed by atoms with Gasteiger partial charge in [-0.25, -0.2) is 17.1 Å². The van der Waals surface area contributed by atoms with Crippen molar-refractivity contribution < 1.29 is 31.9 Å². The number of rotatable bonds is 6. The van der Waals surface area contributed by atoms with Gasteiger partial charge in [0.05, 0.1) is 5.56 Å². The summed E-state index contributed by atoms with van der Waals surface area (Å²) in [5.41, 5.74) is 0.228. The third-order valence-electron chi connectivity index (χ3n) is 3.98. The number of ether oxygens (including phenoxy) is 1. The van der Waals surface area contributed by atoms with E-state index < -0.39 is 46.8 Å². The lowest BCUT2D eigenvalue weighted by Crippen LogP contribution is -2.37. The Morgan fingerprint density at radius 1 is 1.07 bits per heavy atom. The molecule has 146 valence electrons. The van der Waals surface area contributed by atoms with Crippen LogP contribution in [-0.2, 0) is 30.9 Å². The highest BCUT2D eigenvalue weighted by atomic mass is 32.2. The molecule has 3 rings (SSSR count). The Kier molecular flexibility index (Phi) is 5.41. The van der Waals surface area contributed by atoms with Crippen molar-refractivity contribution in [2.75, 3.05) is 13.2 Å². The summed E-state index contributed by atoms with van der Waals surface area (Å²) in [4.78, 5) is 35.6. The van der Waals surface area contributed by atoms with Crippen molar-refractivity contribution in [1.29, 1.82) is 0 Å². The number of amides is 2. The summed E-state index contributed by atoms with van der Waals surface area (Å²) >= 11 is 0. The normalized spacial score (nSPS) is 14.5. The lowest BCUT2D eigenvalue weighted by atomic mass is 10.2. The van der Waals surface area contributed by atoms with Gasteiger partial charge in [-0.2, -0.15) is 0 Å². The molecule has 1 aliphatic heterocycles. The molecule has 10 heteroatoms. The SMILES string of the molecule is O=C(COC(=O)CN1C(=O)c2ccccc2S1(=O)=O)NCc1ccccc1F. The average molecular weight is 406 g/mol. The molecular formula is C18H15FN2O6S. The number of esters is 1. The third kappa shape index (κ3) is 3.86. The van der Waals surface area contributed by atoms with E-state index in [2.05, 4.69) is 5.32 Å². The quantitative estimate of drug-likeness (QED) is 0.712. The minimum atomic E-state index is -4.14. The number of nitrogens with zero attached hydrogens (tertiary/aromatic N) is 1. The molecule has 8 nitrogen and oxygen atoms in total. The van der Waals surface area contributed by atoms with Crippen LogP contribution < -0.4 is 5.32 Å². The van der Waals surface area contributed by atoms with E-state index >= 15 is 0 Å². The highest BCUT2D eigenvalue weighted by molar-refractivity contribution is 7.90. The molecular weight excluding hydrogens is 391 g/mol. The van der Waals surface area contributed by atoms with Gasteiger partial charge in [0.1, 0.15) is 17.3 Å². The highest BCUT2D eigenvalue weighted by Gasteiger charge is 2.42. The number of halogens is 1. The van der Waals surface area contributed by atoms with Gasteiger partial charge in [0.15, 0.2) is 6.61 Å². The zero-order chi connectivity index (χ0) is 20.3. The molecule has 0 unspecified atom stereocenters. The second kappa shape index (κ2) is 7.77. The number of benzene rings is 2. The molecule has 0 aromatic heterocycles. The summed E-state index contributed by atoms with van der Waals surface area (Å²) in [5.74, 6) is -3.09. The predicted octanol–water partition coefficient (Wildman–Crippen LogP) is 0.830. The predicted molar refractivity (Wildman–Crippen MR) is 93.9 cm³/mol. The van der Waals surface area contributed by atoms with Gasteiger partial charge in [0.2, 0.25) is 0 Å². The van der Waals surface area contributed by atoms with Crippen LogP contribution in [0.25, 0.3) is 0 Å². The first-order chi connectivity index (χ1) is 13.3. The van der Waals surface area contributed by atoms with Crippen LogP contribution in [0.15, 0.2) is 53.4 Å². The summed E-state index contributed by atoms with van der Waals surface area (Å²) < 4.78 is 43.3. The van der Waals surface area contributed by atoms with Crippen LogP contribution in [0.5, 0.6) is 0 Å². The standard InChI is InChI=1S/C18H15FN2O6S/c19-14-7-3-1-5-12(14)9-20-16(22)11-27-17(23)10-21-18(24)13-6-2-4-8-15(13)28(21,25)26/h1-8H,9-11H2,(H,20,22). The van der Waals surface area contributed by atoms with Crippen LogP contribution >= 0.6 is 0 Å². The van der Waals surface area contributed by atoms with Crippen molar-refractivity contribution in [1.82, 2.24) is 9.62 Å². The van der Waals surface area contributed by atoms with Crippen molar-refractivity contribution in [2.45, 2.75) is 11.4 Å². The Bertz CT molecular complexity index is 1050. The fourth-order valence-corrected chi connectivity index (χ4v) is 4.10. The summed E-state index contributed by atoms with van der Waals surface area (Å²) in [6.45, 7) is -1.64. The molecule has 1 N–H and O–H groups in total. The second-order valence-corrected chi connectivity index (χ2v) is 7.67. The number of carbonyl (C=O) groups excluding carboxylic acids is 3. The third-order valence-corrected chi connectivity index (χ3v) is 5.77. The van der Waals surface area contributed by atoms with Crippen LogP contribution in [0, 0.1) is 5.82 Å². The van der Waals surface area contributed by atoms with E-state index in [0.29, 0.717) is 4.31 Å². The molecule has 0 saturated heterocycles. The Morgan fingerprint density at radius 3 is 2.46 bits per heavy atom. The zero-order valence-corrected chi connectivity index (χ0v) is 15.2. The molecule has 0 saturated carbocycles. The van der Waals surface area contributed by atoms with Gasteiger partial charge in [-0.3, -0.25) is 14.4 Å². The van der Waals surface area contributed by atoms with Crippen molar-refractivity contribution in [3.63, 3.8) is 0 Å². The number of sulfonamides is 1. The maximum Gasteiger partial charge on any atom is 0.327 e. The fourth-order valence-electron chi connectivity index (χ4n) is 2.58. The molecule has 0 fully saturated rings. The van der Waals surface area contributed by atoms with Crippen LogP contribution in [-0.4, -0.2) is 43.7 Å². The van der Waals surface area contributed by atoms with E-state index in [9.17, 15) is 27.2 Å². The van der Waals surface area contributed by atoms with Gasteiger partial charge in [0.25, 0.3) is 21.8 Å².